The maximum absolute atomic E-state index is 14.5. The molecule has 0 unspecified atom stereocenters. The quantitative estimate of drug-likeness (QED) is 0.133. The summed E-state index contributed by atoms with van der Waals surface area (Å²) in [7, 11) is -3.96. The van der Waals surface area contributed by atoms with Crippen molar-refractivity contribution in [2.45, 2.75) is 117 Å². The van der Waals surface area contributed by atoms with Crippen LogP contribution in [0.1, 0.15) is 90.4 Å². The van der Waals surface area contributed by atoms with Crippen LogP contribution in [-0.2, 0) is 9.84 Å². The highest BCUT2D eigenvalue weighted by atomic mass is 32.3. The Kier molecular flexibility index (Phi) is 14.6. The number of fused-ring (bicyclic) bond motifs is 1. The lowest BCUT2D eigenvalue weighted by molar-refractivity contribution is 0.0769. The molecule has 9 nitrogen and oxygen atoms in total. The number of piperidine rings is 2. The number of ether oxygens (including phenoxy) is 1. The number of likely N-dealkylation sites (tertiary alicyclic amines) is 1. The average molecular weight is 781 g/mol. The van der Waals surface area contributed by atoms with E-state index in [1.807, 2.05) is 18.2 Å². The molecule has 54 heavy (non-hydrogen) atoms. The Balaban J connectivity index is 1.14. The van der Waals surface area contributed by atoms with Gasteiger partial charge in [-0.05, 0) is 132 Å². The summed E-state index contributed by atoms with van der Waals surface area (Å²) >= 11 is 0. The van der Waals surface area contributed by atoms with Crippen molar-refractivity contribution in [3.63, 3.8) is 0 Å². The minimum absolute atomic E-state index is 0.209. The van der Waals surface area contributed by atoms with Gasteiger partial charge >= 0.3 is 0 Å². The lowest BCUT2D eigenvalue weighted by Gasteiger charge is -2.44. The molecule has 4 heterocycles. The fourth-order valence-corrected chi connectivity index (χ4v) is 11.0. The van der Waals surface area contributed by atoms with Crippen molar-refractivity contribution in [3.05, 3.63) is 48.7 Å². The van der Waals surface area contributed by atoms with E-state index in [-0.39, 0.29) is 9.79 Å². The third-order valence-corrected chi connectivity index (χ3v) is 15.3. The van der Waals surface area contributed by atoms with E-state index in [1.54, 1.807) is 36.8 Å². The van der Waals surface area contributed by atoms with Gasteiger partial charge in [-0.25, -0.2) is 8.42 Å². The monoisotopic (exact) mass is 780 g/mol. The highest BCUT2D eigenvalue weighted by Gasteiger charge is 2.33. The normalized spacial score (nSPS) is 19.7. The number of nitrogens with zero attached hydrogens (tertiary/aromatic N) is 5. The van der Waals surface area contributed by atoms with E-state index < -0.39 is 20.1 Å². The number of aromatic nitrogens is 1. The number of sulfone groups is 1. The largest absolute Gasteiger partial charge is 0.809 e. The average Bonchev–Trinajstić information content (AvgIpc) is 3.40. The molecule has 3 aromatic rings. The maximum atomic E-state index is 14.5. The molecule has 0 atom stereocenters. The van der Waals surface area contributed by atoms with Gasteiger partial charge in [0.05, 0.1) is 22.7 Å². The van der Waals surface area contributed by atoms with Gasteiger partial charge in [-0.15, -0.1) is 0 Å². The molecule has 0 bridgehead atoms. The van der Waals surface area contributed by atoms with E-state index >= 15 is 0 Å². The molecule has 300 valence electrons. The fourth-order valence-electron chi connectivity index (χ4n) is 8.74. The number of hydrogen-bond acceptors (Lipinski definition) is 9. The fraction of sp³-hybridized carbons (Fsp3) is 0.651. The van der Waals surface area contributed by atoms with E-state index in [4.69, 9.17) is 4.74 Å². The first-order chi connectivity index (χ1) is 26.0. The first-order valence-corrected chi connectivity index (χ1v) is 24.7. The number of benzene rings is 2. The van der Waals surface area contributed by atoms with Crippen LogP contribution in [0.15, 0.2) is 63.3 Å². The number of likely N-dealkylation sites (N-methyl/N-ethyl adjacent to an activating group) is 1. The highest BCUT2D eigenvalue weighted by molar-refractivity contribution is 8.28. The summed E-state index contributed by atoms with van der Waals surface area (Å²) in [6.45, 7) is 11.4. The number of hydrogen-bond donors (Lipinski definition) is 0. The Bertz CT molecular complexity index is 1730. The van der Waals surface area contributed by atoms with Crippen molar-refractivity contribution in [3.8, 4) is 5.75 Å². The summed E-state index contributed by atoms with van der Waals surface area (Å²) < 4.78 is 48.2. The Morgan fingerprint density at radius 1 is 0.741 bits per heavy atom. The number of anilines is 1. The summed E-state index contributed by atoms with van der Waals surface area (Å²) in [5, 5.41) is 0.748. The van der Waals surface area contributed by atoms with Crippen LogP contribution in [0.25, 0.3) is 10.9 Å². The predicted octanol–water partition coefficient (Wildman–Crippen LogP) is 8.21. The Morgan fingerprint density at radius 3 is 2.02 bits per heavy atom. The highest BCUT2D eigenvalue weighted by Crippen LogP contribution is 2.47. The van der Waals surface area contributed by atoms with Crippen LogP contribution in [-0.4, -0.2) is 123 Å². The summed E-state index contributed by atoms with van der Waals surface area (Å²) in [5.41, 5.74) is 1.40. The summed E-state index contributed by atoms with van der Waals surface area (Å²) in [6, 6.07) is 13.7. The molecule has 0 aliphatic carbocycles. The minimum atomic E-state index is -3.92. The van der Waals surface area contributed by atoms with Crippen molar-refractivity contribution in [1.29, 1.82) is 0 Å². The topological polar surface area (TPSA) is 92.3 Å². The molecule has 3 saturated heterocycles. The van der Waals surface area contributed by atoms with Crippen LogP contribution >= 0.6 is 10.3 Å². The van der Waals surface area contributed by atoms with Crippen LogP contribution in [0.5, 0.6) is 5.75 Å². The minimum Gasteiger partial charge on any atom is -0.809 e. The third-order valence-electron chi connectivity index (χ3n) is 12.1. The molecule has 0 radical (unpaired) electrons. The maximum Gasteiger partial charge on any atom is 0.210 e. The van der Waals surface area contributed by atoms with Crippen LogP contribution in [0.2, 0.25) is 0 Å². The van der Waals surface area contributed by atoms with Gasteiger partial charge < -0.3 is 34.3 Å². The molecule has 0 spiro atoms. The summed E-state index contributed by atoms with van der Waals surface area (Å²) in [5.74, 6) is 0.684. The Labute approximate surface area is 327 Å². The van der Waals surface area contributed by atoms with Gasteiger partial charge in [0.1, 0.15) is 10.6 Å². The lowest BCUT2D eigenvalue weighted by Crippen LogP contribution is -2.51. The standard InChI is InChI=1S/C43H67N5O4S2/c1-5-6-7-8-9-10-11-12-32-52-37-14-16-38(17-15-37)54(50,51)42-34-44-41-19-18-39(53(3,4)49)33-40(41)43(42)48-28-22-36(23-29-48)47-26-20-35(21-27-47)46-25-13-24-45(2)30-31-46/h14-19,33-36,49H,5-13,20-32H2,1-4H3/p-1. The first kappa shape index (κ1) is 41.2. The van der Waals surface area contributed by atoms with Crippen molar-refractivity contribution in [2.24, 2.45) is 0 Å². The molecule has 11 heteroatoms. The molecular formula is C43H66N5O4S2-. The number of unbranched alkanes of at least 4 members (excludes halogenated alkanes) is 7. The van der Waals surface area contributed by atoms with E-state index in [0.29, 0.717) is 40.5 Å². The molecule has 0 N–H and O–H groups in total. The molecule has 3 fully saturated rings. The lowest BCUT2D eigenvalue weighted by atomic mass is 9.96. The molecule has 1 aromatic heterocycles. The van der Waals surface area contributed by atoms with Gasteiger partial charge in [0.2, 0.25) is 9.84 Å². The Morgan fingerprint density at radius 2 is 1.35 bits per heavy atom. The van der Waals surface area contributed by atoms with E-state index in [2.05, 4.69) is 38.6 Å². The zero-order valence-electron chi connectivity index (χ0n) is 33.5. The van der Waals surface area contributed by atoms with Gasteiger partial charge in [-0.1, -0.05) is 51.9 Å². The molecule has 6 rings (SSSR count). The van der Waals surface area contributed by atoms with Gasteiger partial charge in [0.25, 0.3) is 0 Å². The SMILES string of the molecule is CCCCCCCCCCOc1ccc(S(=O)(=O)c2cnc3ccc(S(C)(C)[O-])cc3c2N2CCC(N3CCC(N4CCCN(C)CC4)CC3)CC2)cc1. The zero-order chi connectivity index (χ0) is 38.1. The predicted molar refractivity (Wildman–Crippen MR) is 224 cm³/mol. The van der Waals surface area contributed by atoms with E-state index in [0.717, 1.165) is 63.8 Å². The molecule has 2 aromatic carbocycles. The molecule has 0 amide bonds. The van der Waals surface area contributed by atoms with Crippen LogP contribution in [0.3, 0.4) is 0 Å². The summed E-state index contributed by atoms with van der Waals surface area (Å²) in [6.07, 6.45) is 20.6. The van der Waals surface area contributed by atoms with Crippen molar-refractivity contribution < 1.29 is 17.7 Å². The van der Waals surface area contributed by atoms with Gasteiger partial charge in [0.15, 0.2) is 0 Å². The Hall–Kier alpha value is -2.41. The first-order valence-electron chi connectivity index (χ1n) is 20.8. The molecule has 3 aliphatic heterocycles. The van der Waals surface area contributed by atoms with Gasteiger partial charge in [0, 0.05) is 49.8 Å². The van der Waals surface area contributed by atoms with Gasteiger partial charge in [-0.3, -0.25) is 9.88 Å². The number of pyridine rings is 1. The van der Waals surface area contributed by atoms with E-state index in [9.17, 15) is 13.0 Å². The third kappa shape index (κ3) is 10.5. The van der Waals surface area contributed by atoms with E-state index in [1.165, 1.54) is 83.6 Å². The smallest absolute Gasteiger partial charge is 0.210 e. The second-order valence-electron chi connectivity index (χ2n) is 16.4. The zero-order valence-corrected chi connectivity index (χ0v) is 35.1. The van der Waals surface area contributed by atoms with Gasteiger partial charge in [-0.2, -0.15) is 0 Å². The number of rotatable bonds is 16. The van der Waals surface area contributed by atoms with Crippen molar-refractivity contribution in [2.75, 3.05) is 83.4 Å². The molecule has 0 saturated carbocycles. The van der Waals surface area contributed by atoms with Crippen LogP contribution < -0.4 is 9.64 Å². The second-order valence-corrected chi connectivity index (χ2v) is 21.2. The van der Waals surface area contributed by atoms with Crippen LogP contribution in [0, 0.1) is 0 Å². The van der Waals surface area contributed by atoms with Crippen LogP contribution in [0.4, 0.5) is 5.69 Å². The molecule has 3 aliphatic rings. The van der Waals surface area contributed by atoms with Crippen molar-refractivity contribution in [1.82, 2.24) is 19.7 Å². The molecular weight excluding hydrogens is 715 g/mol. The second kappa shape index (κ2) is 19.2. The summed E-state index contributed by atoms with van der Waals surface area (Å²) in [4.78, 5) is 15.9. The van der Waals surface area contributed by atoms with Crippen molar-refractivity contribution >= 4 is 36.7 Å².